The highest BCUT2D eigenvalue weighted by Gasteiger charge is 2.10. The third-order valence-corrected chi connectivity index (χ3v) is 4.05. The molecule has 1 aromatic heterocycles. The van der Waals surface area contributed by atoms with Gasteiger partial charge in [0.1, 0.15) is 0 Å². The molecule has 0 radical (unpaired) electrons. The van der Waals surface area contributed by atoms with Gasteiger partial charge in [0.25, 0.3) is 5.91 Å². The van der Waals surface area contributed by atoms with E-state index in [2.05, 4.69) is 15.6 Å². The Morgan fingerprint density at radius 3 is 2.52 bits per heavy atom. The number of hydrogen-bond acceptors (Lipinski definition) is 5. The Bertz CT molecular complexity index is 682. The topological polar surface area (TPSA) is 74.3 Å². The Morgan fingerprint density at radius 2 is 1.96 bits per heavy atom. The average molecular weight is 332 g/mol. The van der Waals surface area contributed by atoms with Crippen LogP contribution in [-0.2, 0) is 11.3 Å². The number of benzene rings is 1. The molecule has 1 aromatic carbocycles. The van der Waals surface area contributed by atoms with Crippen LogP contribution in [0.25, 0.3) is 0 Å². The molecule has 0 spiro atoms. The van der Waals surface area contributed by atoms with Crippen molar-refractivity contribution in [2.24, 2.45) is 0 Å². The van der Waals surface area contributed by atoms with E-state index in [-0.39, 0.29) is 18.4 Å². The maximum absolute atomic E-state index is 12.0. The molecule has 7 heteroatoms. The third-order valence-electron chi connectivity index (χ3n) is 3.17. The lowest BCUT2D eigenvalue weighted by atomic mass is 10.1. The summed E-state index contributed by atoms with van der Waals surface area (Å²) in [4.78, 5) is 29.6. The summed E-state index contributed by atoms with van der Waals surface area (Å²) in [5.74, 6) is -0.202. The van der Waals surface area contributed by atoms with Gasteiger partial charge in [-0.05, 0) is 31.7 Å². The number of thiazole rings is 1. The molecule has 0 atom stereocenters. The van der Waals surface area contributed by atoms with Gasteiger partial charge in [-0.25, -0.2) is 4.98 Å². The molecule has 0 bridgehead atoms. The number of nitrogens with one attached hydrogen (secondary N) is 2. The molecular formula is C16H20N4O2S. The number of amides is 2. The van der Waals surface area contributed by atoms with Gasteiger partial charge in [0, 0.05) is 24.5 Å². The van der Waals surface area contributed by atoms with Crippen molar-refractivity contribution in [3.8, 4) is 0 Å². The van der Waals surface area contributed by atoms with E-state index >= 15 is 0 Å². The fourth-order valence-corrected chi connectivity index (χ4v) is 2.79. The van der Waals surface area contributed by atoms with Crippen LogP contribution >= 0.6 is 11.3 Å². The predicted molar refractivity (Wildman–Crippen MR) is 91.6 cm³/mol. The molecule has 0 aliphatic carbocycles. The lowest BCUT2D eigenvalue weighted by molar-refractivity contribution is -0.117. The van der Waals surface area contributed by atoms with E-state index < -0.39 is 0 Å². The van der Waals surface area contributed by atoms with Gasteiger partial charge in [0.15, 0.2) is 5.13 Å². The number of rotatable bonds is 6. The van der Waals surface area contributed by atoms with E-state index in [0.717, 1.165) is 11.3 Å². The number of nitrogens with zero attached hydrogens (tertiary/aromatic N) is 2. The highest BCUT2D eigenvalue weighted by Crippen LogP contribution is 2.14. The van der Waals surface area contributed by atoms with Gasteiger partial charge in [-0.1, -0.05) is 12.1 Å². The van der Waals surface area contributed by atoms with Crippen molar-refractivity contribution in [1.29, 1.82) is 0 Å². The molecule has 1 heterocycles. The van der Waals surface area contributed by atoms with Crippen molar-refractivity contribution in [3.63, 3.8) is 0 Å². The lowest BCUT2D eigenvalue weighted by Gasteiger charge is -2.16. The standard InChI is InChI=1S/C16H20N4O2S/c1-11-10-23-16(18-11)19-14(21)9-20(3)8-12-4-6-13(7-5-12)15(22)17-2/h4-7,10H,8-9H2,1-3H3,(H,17,22)(H,18,19,21). The minimum absolute atomic E-state index is 0.0937. The fourth-order valence-electron chi connectivity index (χ4n) is 2.09. The minimum Gasteiger partial charge on any atom is -0.355 e. The number of aromatic nitrogens is 1. The monoisotopic (exact) mass is 332 g/mol. The quantitative estimate of drug-likeness (QED) is 0.847. The summed E-state index contributed by atoms with van der Waals surface area (Å²) in [7, 11) is 3.48. The SMILES string of the molecule is CNC(=O)c1ccc(CN(C)CC(=O)Nc2nc(C)cs2)cc1. The van der Waals surface area contributed by atoms with Crippen LogP contribution in [0.15, 0.2) is 29.6 Å². The van der Waals surface area contributed by atoms with Gasteiger partial charge in [0.05, 0.1) is 12.2 Å². The molecule has 122 valence electrons. The Hall–Kier alpha value is -2.25. The van der Waals surface area contributed by atoms with Crippen molar-refractivity contribution in [1.82, 2.24) is 15.2 Å². The van der Waals surface area contributed by atoms with Gasteiger partial charge in [-0.2, -0.15) is 0 Å². The predicted octanol–water partition coefficient (Wildman–Crippen LogP) is 1.88. The number of aryl methyl sites for hydroxylation is 1. The third kappa shape index (κ3) is 5.15. The zero-order valence-corrected chi connectivity index (χ0v) is 14.2. The number of anilines is 1. The molecule has 6 nitrogen and oxygen atoms in total. The zero-order chi connectivity index (χ0) is 16.8. The van der Waals surface area contributed by atoms with E-state index in [1.54, 1.807) is 19.2 Å². The molecule has 0 fully saturated rings. The van der Waals surface area contributed by atoms with E-state index in [1.165, 1.54) is 11.3 Å². The second-order valence-electron chi connectivity index (χ2n) is 5.29. The highest BCUT2D eigenvalue weighted by atomic mass is 32.1. The summed E-state index contributed by atoms with van der Waals surface area (Å²) in [6.07, 6.45) is 0. The van der Waals surface area contributed by atoms with E-state index in [4.69, 9.17) is 0 Å². The maximum atomic E-state index is 12.0. The Morgan fingerprint density at radius 1 is 1.26 bits per heavy atom. The van der Waals surface area contributed by atoms with Crippen LogP contribution in [0.2, 0.25) is 0 Å². The Labute approximate surface area is 139 Å². The lowest BCUT2D eigenvalue weighted by Crippen LogP contribution is -2.29. The van der Waals surface area contributed by atoms with Crippen LogP contribution in [0.4, 0.5) is 5.13 Å². The first-order chi connectivity index (χ1) is 11.0. The maximum Gasteiger partial charge on any atom is 0.251 e. The zero-order valence-electron chi connectivity index (χ0n) is 13.4. The number of hydrogen-bond donors (Lipinski definition) is 2. The van der Waals surface area contributed by atoms with Crippen molar-refractivity contribution in [2.45, 2.75) is 13.5 Å². The molecule has 2 aromatic rings. The second-order valence-corrected chi connectivity index (χ2v) is 6.15. The van der Waals surface area contributed by atoms with Crippen molar-refractivity contribution < 1.29 is 9.59 Å². The minimum atomic E-state index is -0.108. The molecular weight excluding hydrogens is 312 g/mol. The van der Waals surface area contributed by atoms with E-state index in [0.29, 0.717) is 17.2 Å². The van der Waals surface area contributed by atoms with Crippen LogP contribution in [0.3, 0.4) is 0 Å². The molecule has 0 saturated carbocycles. The number of likely N-dealkylation sites (N-methyl/N-ethyl adjacent to an activating group) is 1. The van der Waals surface area contributed by atoms with Gasteiger partial charge in [-0.3, -0.25) is 14.5 Å². The second kappa shape index (κ2) is 7.85. The van der Waals surface area contributed by atoms with Gasteiger partial charge in [-0.15, -0.1) is 11.3 Å². The van der Waals surface area contributed by atoms with E-state index in [1.807, 2.05) is 36.4 Å². The molecule has 0 aliphatic heterocycles. The molecule has 0 unspecified atom stereocenters. The normalized spacial score (nSPS) is 10.6. The van der Waals surface area contributed by atoms with Gasteiger partial charge in [0.2, 0.25) is 5.91 Å². The van der Waals surface area contributed by atoms with Crippen LogP contribution < -0.4 is 10.6 Å². The number of carbonyl (C=O) groups is 2. The first kappa shape index (κ1) is 17.1. The summed E-state index contributed by atoms with van der Waals surface area (Å²) < 4.78 is 0. The van der Waals surface area contributed by atoms with Crippen molar-refractivity contribution in [3.05, 3.63) is 46.5 Å². The smallest absolute Gasteiger partial charge is 0.251 e. The molecule has 2 amide bonds. The summed E-state index contributed by atoms with van der Waals surface area (Å²) in [6.45, 7) is 2.79. The number of carbonyl (C=O) groups excluding carboxylic acids is 2. The first-order valence-electron chi connectivity index (χ1n) is 7.19. The van der Waals surface area contributed by atoms with Gasteiger partial charge < -0.3 is 10.6 Å². The largest absolute Gasteiger partial charge is 0.355 e. The van der Waals surface area contributed by atoms with Crippen molar-refractivity contribution >= 4 is 28.3 Å². The van der Waals surface area contributed by atoms with Gasteiger partial charge >= 0.3 is 0 Å². The molecule has 2 rings (SSSR count). The summed E-state index contributed by atoms with van der Waals surface area (Å²) in [6, 6.07) is 7.34. The highest BCUT2D eigenvalue weighted by molar-refractivity contribution is 7.13. The molecule has 0 aliphatic rings. The van der Waals surface area contributed by atoms with Crippen molar-refractivity contribution in [2.75, 3.05) is 26.0 Å². The van der Waals surface area contributed by atoms with Crippen LogP contribution in [0, 0.1) is 6.92 Å². The van der Waals surface area contributed by atoms with Crippen LogP contribution in [0.5, 0.6) is 0 Å². The summed E-state index contributed by atoms with van der Waals surface area (Å²) in [5.41, 5.74) is 2.56. The van der Waals surface area contributed by atoms with Crippen LogP contribution in [-0.4, -0.2) is 42.3 Å². The fraction of sp³-hybridized carbons (Fsp3) is 0.312. The molecule has 0 saturated heterocycles. The average Bonchev–Trinajstić information content (AvgIpc) is 2.91. The Kier molecular flexibility index (Phi) is 5.84. The molecule has 2 N–H and O–H groups in total. The van der Waals surface area contributed by atoms with E-state index in [9.17, 15) is 9.59 Å². The summed E-state index contributed by atoms with van der Waals surface area (Å²) in [5, 5.41) is 7.89. The first-order valence-corrected chi connectivity index (χ1v) is 8.07. The Balaban J connectivity index is 1.85. The van der Waals surface area contributed by atoms with Crippen LogP contribution in [0.1, 0.15) is 21.6 Å². The molecule has 23 heavy (non-hydrogen) atoms. The summed E-state index contributed by atoms with van der Waals surface area (Å²) >= 11 is 1.42.